The van der Waals surface area contributed by atoms with E-state index in [0.29, 0.717) is 6.04 Å². The maximum Gasteiger partial charge on any atom is 0.0351 e. The lowest BCUT2D eigenvalue weighted by Gasteiger charge is -2.31. The molecule has 0 aliphatic carbocycles. The standard InChI is InChI=1S/C18H27N/c1-4-18(19-13-9-5-6-10-14-19)17-12-8-7-11-16(17)15(2)3/h7-8,11-12,18H,2,4-6,9-10,13-14H2,1,3H3. The molecular weight excluding hydrogens is 230 g/mol. The molecule has 0 amide bonds. The van der Waals surface area contributed by atoms with Crippen LogP contribution in [-0.4, -0.2) is 18.0 Å². The lowest BCUT2D eigenvalue weighted by atomic mass is 9.93. The molecule has 1 aliphatic rings. The van der Waals surface area contributed by atoms with E-state index in [-0.39, 0.29) is 0 Å². The Bertz CT molecular complexity index is 413. The highest BCUT2D eigenvalue weighted by atomic mass is 15.2. The zero-order chi connectivity index (χ0) is 13.7. The number of allylic oxidation sites excluding steroid dienone is 1. The summed E-state index contributed by atoms with van der Waals surface area (Å²) in [5.41, 5.74) is 4.00. The molecule has 1 nitrogen and oxygen atoms in total. The number of nitrogens with zero attached hydrogens (tertiary/aromatic N) is 1. The number of rotatable bonds is 4. The third-order valence-corrected chi connectivity index (χ3v) is 4.25. The van der Waals surface area contributed by atoms with E-state index in [1.54, 1.807) is 0 Å². The first-order valence-electron chi connectivity index (χ1n) is 7.73. The van der Waals surface area contributed by atoms with Crippen LogP contribution < -0.4 is 0 Å². The third-order valence-electron chi connectivity index (χ3n) is 4.25. The van der Waals surface area contributed by atoms with Gasteiger partial charge in [-0.3, -0.25) is 4.90 Å². The molecule has 0 radical (unpaired) electrons. The first kappa shape index (κ1) is 14.3. The number of hydrogen-bond donors (Lipinski definition) is 0. The molecule has 1 aliphatic heterocycles. The fraction of sp³-hybridized carbons (Fsp3) is 0.556. The number of benzene rings is 1. The Morgan fingerprint density at radius 2 is 1.79 bits per heavy atom. The summed E-state index contributed by atoms with van der Waals surface area (Å²) in [6.45, 7) is 11.1. The summed E-state index contributed by atoms with van der Waals surface area (Å²) in [7, 11) is 0. The molecule has 1 fully saturated rings. The molecule has 0 saturated carbocycles. The summed E-state index contributed by atoms with van der Waals surface area (Å²) < 4.78 is 0. The second kappa shape index (κ2) is 6.91. The minimum Gasteiger partial charge on any atom is -0.296 e. The van der Waals surface area contributed by atoms with Gasteiger partial charge in [-0.2, -0.15) is 0 Å². The van der Waals surface area contributed by atoms with Crippen molar-refractivity contribution < 1.29 is 0 Å². The lowest BCUT2D eigenvalue weighted by molar-refractivity contribution is 0.199. The van der Waals surface area contributed by atoms with Crippen molar-refractivity contribution in [2.24, 2.45) is 0 Å². The van der Waals surface area contributed by atoms with Gasteiger partial charge >= 0.3 is 0 Å². The summed E-state index contributed by atoms with van der Waals surface area (Å²) in [5.74, 6) is 0. The Morgan fingerprint density at radius 1 is 1.16 bits per heavy atom. The van der Waals surface area contributed by atoms with Gasteiger partial charge in [0.1, 0.15) is 0 Å². The minimum absolute atomic E-state index is 0.561. The SMILES string of the molecule is C=C(C)c1ccccc1C(CC)N1CCCCCC1. The highest BCUT2D eigenvalue weighted by Crippen LogP contribution is 2.31. The highest BCUT2D eigenvalue weighted by Gasteiger charge is 2.21. The second-order valence-electron chi connectivity index (χ2n) is 5.74. The Balaban J connectivity index is 2.27. The van der Waals surface area contributed by atoms with Crippen LogP contribution in [0.5, 0.6) is 0 Å². The molecule has 1 unspecified atom stereocenters. The third kappa shape index (κ3) is 3.48. The van der Waals surface area contributed by atoms with Gasteiger partial charge in [0.2, 0.25) is 0 Å². The van der Waals surface area contributed by atoms with E-state index in [1.165, 1.54) is 61.9 Å². The van der Waals surface area contributed by atoms with Crippen LogP contribution in [0.1, 0.15) is 63.1 Å². The summed E-state index contributed by atoms with van der Waals surface area (Å²) in [4.78, 5) is 2.69. The molecule has 1 aromatic rings. The average molecular weight is 257 g/mol. The van der Waals surface area contributed by atoms with Crippen molar-refractivity contribution in [1.29, 1.82) is 0 Å². The molecule has 1 heterocycles. The molecule has 104 valence electrons. The monoisotopic (exact) mass is 257 g/mol. The summed E-state index contributed by atoms with van der Waals surface area (Å²) >= 11 is 0. The molecule has 0 aromatic heterocycles. The largest absolute Gasteiger partial charge is 0.296 e. The fourth-order valence-corrected chi connectivity index (χ4v) is 3.26. The van der Waals surface area contributed by atoms with Crippen LogP contribution in [0.3, 0.4) is 0 Å². The molecule has 0 N–H and O–H groups in total. The summed E-state index contributed by atoms with van der Waals surface area (Å²) in [6, 6.07) is 9.37. The zero-order valence-electron chi connectivity index (χ0n) is 12.5. The molecule has 2 rings (SSSR count). The lowest BCUT2D eigenvalue weighted by Crippen LogP contribution is -2.30. The fourth-order valence-electron chi connectivity index (χ4n) is 3.26. The van der Waals surface area contributed by atoms with Gasteiger partial charge in [-0.15, -0.1) is 0 Å². The van der Waals surface area contributed by atoms with Crippen molar-refractivity contribution in [2.75, 3.05) is 13.1 Å². The van der Waals surface area contributed by atoms with E-state index in [4.69, 9.17) is 0 Å². The van der Waals surface area contributed by atoms with Crippen LogP contribution in [0.15, 0.2) is 30.8 Å². The van der Waals surface area contributed by atoms with Crippen LogP contribution in [0.4, 0.5) is 0 Å². The van der Waals surface area contributed by atoms with Gasteiger partial charge in [-0.05, 0) is 50.4 Å². The van der Waals surface area contributed by atoms with Crippen LogP contribution in [0, 0.1) is 0 Å². The Kier molecular flexibility index (Phi) is 5.21. The van der Waals surface area contributed by atoms with E-state index in [9.17, 15) is 0 Å². The van der Waals surface area contributed by atoms with Crippen molar-refractivity contribution in [2.45, 2.75) is 52.0 Å². The molecule has 0 bridgehead atoms. The van der Waals surface area contributed by atoms with Crippen LogP contribution in [0.2, 0.25) is 0 Å². The minimum atomic E-state index is 0.561. The molecular formula is C18H27N. The predicted molar refractivity (Wildman–Crippen MR) is 84.2 cm³/mol. The van der Waals surface area contributed by atoms with Crippen molar-refractivity contribution in [1.82, 2.24) is 4.90 Å². The van der Waals surface area contributed by atoms with Crippen molar-refractivity contribution in [3.63, 3.8) is 0 Å². The van der Waals surface area contributed by atoms with Gasteiger partial charge in [-0.25, -0.2) is 0 Å². The first-order chi connectivity index (χ1) is 9.24. The number of likely N-dealkylation sites (tertiary alicyclic amines) is 1. The maximum atomic E-state index is 4.15. The van der Waals surface area contributed by atoms with Crippen LogP contribution in [0.25, 0.3) is 5.57 Å². The van der Waals surface area contributed by atoms with Gasteiger partial charge in [-0.1, -0.05) is 56.2 Å². The topological polar surface area (TPSA) is 3.24 Å². The molecule has 1 heteroatoms. The van der Waals surface area contributed by atoms with Gasteiger partial charge in [0, 0.05) is 6.04 Å². The Hall–Kier alpha value is -1.08. The van der Waals surface area contributed by atoms with Gasteiger partial charge in [0.25, 0.3) is 0 Å². The van der Waals surface area contributed by atoms with E-state index >= 15 is 0 Å². The van der Waals surface area contributed by atoms with Gasteiger partial charge in [0.15, 0.2) is 0 Å². The van der Waals surface area contributed by atoms with Crippen molar-refractivity contribution in [3.05, 3.63) is 42.0 Å². The zero-order valence-corrected chi connectivity index (χ0v) is 12.5. The van der Waals surface area contributed by atoms with E-state index < -0.39 is 0 Å². The van der Waals surface area contributed by atoms with E-state index in [0.717, 1.165) is 0 Å². The van der Waals surface area contributed by atoms with E-state index in [1.807, 2.05) is 0 Å². The molecule has 1 saturated heterocycles. The van der Waals surface area contributed by atoms with Crippen LogP contribution >= 0.6 is 0 Å². The van der Waals surface area contributed by atoms with E-state index in [2.05, 4.69) is 49.6 Å². The van der Waals surface area contributed by atoms with Gasteiger partial charge in [0.05, 0.1) is 0 Å². The number of hydrogen-bond acceptors (Lipinski definition) is 1. The van der Waals surface area contributed by atoms with Gasteiger partial charge < -0.3 is 0 Å². The molecule has 0 spiro atoms. The highest BCUT2D eigenvalue weighted by molar-refractivity contribution is 5.65. The van der Waals surface area contributed by atoms with Crippen molar-refractivity contribution in [3.8, 4) is 0 Å². The quantitative estimate of drug-likeness (QED) is 0.730. The normalized spacial score (nSPS) is 18.8. The molecule has 1 atom stereocenters. The molecule has 1 aromatic carbocycles. The second-order valence-corrected chi connectivity index (χ2v) is 5.74. The smallest absolute Gasteiger partial charge is 0.0351 e. The molecule has 19 heavy (non-hydrogen) atoms. The first-order valence-corrected chi connectivity index (χ1v) is 7.73. The van der Waals surface area contributed by atoms with Crippen molar-refractivity contribution >= 4 is 5.57 Å². The predicted octanol–water partition coefficient (Wildman–Crippen LogP) is 5.05. The Labute approximate surface area is 118 Å². The Morgan fingerprint density at radius 3 is 2.37 bits per heavy atom. The average Bonchev–Trinajstić information content (AvgIpc) is 2.69. The maximum absolute atomic E-state index is 4.15. The van der Waals surface area contributed by atoms with Crippen LogP contribution in [-0.2, 0) is 0 Å². The summed E-state index contributed by atoms with van der Waals surface area (Å²) in [5, 5.41) is 0. The summed E-state index contributed by atoms with van der Waals surface area (Å²) in [6.07, 6.45) is 6.69.